The molecule has 0 atom stereocenters. The van der Waals surface area contributed by atoms with Gasteiger partial charge in [0.05, 0.1) is 5.56 Å². The van der Waals surface area contributed by atoms with Gasteiger partial charge in [0.15, 0.2) is 0 Å². The third-order valence-electron chi connectivity index (χ3n) is 3.68. The Kier molecular flexibility index (Phi) is 6.68. The molecule has 6 heteroatoms. The number of amidine groups is 1. The molecule has 2 aromatic heterocycles. The molecule has 0 saturated heterocycles. The summed E-state index contributed by atoms with van der Waals surface area (Å²) in [6.07, 6.45) is 3.50. The number of hydrogen-bond donors (Lipinski definition) is 4. The van der Waals surface area contributed by atoms with E-state index in [1.54, 1.807) is 24.5 Å². The number of nitrogens with two attached hydrogens (primary N) is 1. The lowest BCUT2D eigenvalue weighted by Crippen LogP contribution is -2.23. The zero-order chi connectivity index (χ0) is 18.9. The van der Waals surface area contributed by atoms with Gasteiger partial charge >= 0.3 is 0 Å². The smallest absolute Gasteiger partial charge is 0.253 e. The first-order valence-corrected chi connectivity index (χ1v) is 8.20. The standard InChI is InChI=1S/C15H18N4O.C5H5N/c1-9-7-13(10(2)19-9)15(20)18-8-11-3-5-12(6-4-11)14(16)17;1-2-4-6-5-3-1/h3-7,19H,8H2,1-2H3,(H3,16,17)(H,18,20);1-5H. The summed E-state index contributed by atoms with van der Waals surface area (Å²) in [4.78, 5) is 18.9. The molecule has 3 aromatic rings. The van der Waals surface area contributed by atoms with Gasteiger partial charge in [0.1, 0.15) is 5.84 Å². The minimum Gasteiger partial charge on any atom is -0.384 e. The van der Waals surface area contributed by atoms with Crippen molar-refractivity contribution in [1.82, 2.24) is 15.3 Å². The number of rotatable bonds is 4. The van der Waals surface area contributed by atoms with Crippen LogP contribution < -0.4 is 11.1 Å². The number of benzene rings is 1. The molecule has 2 heterocycles. The van der Waals surface area contributed by atoms with Crippen molar-refractivity contribution in [2.45, 2.75) is 20.4 Å². The van der Waals surface area contributed by atoms with Crippen LogP contribution in [-0.4, -0.2) is 21.7 Å². The van der Waals surface area contributed by atoms with Gasteiger partial charge in [-0.25, -0.2) is 0 Å². The highest BCUT2D eigenvalue weighted by molar-refractivity contribution is 5.96. The molecule has 0 fully saturated rings. The molecule has 5 N–H and O–H groups in total. The Morgan fingerprint density at radius 3 is 2.23 bits per heavy atom. The number of pyridine rings is 1. The quantitative estimate of drug-likeness (QED) is 0.429. The Labute approximate surface area is 153 Å². The van der Waals surface area contributed by atoms with E-state index >= 15 is 0 Å². The van der Waals surface area contributed by atoms with Gasteiger partial charge in [-0.15, -0.1) is 0 Å². The molecule has 0 aliphatic heterocycles. The summed E-state index contributed by atoms with van der Waals surface area (Å²) in [5.41, 5.74) is 9.54. The van der Waals surface area contributed by atoms with Crippen LogP contribution in [0.3, 0.4) is 0 Å². The van der Waals surface area contributed by atoms with Crippen LogP contribution in [0.15, 0.2) is 60.9 Å². The summed E-state index contributed by atoms with van der Waals surface area (Å²) >= 11 is 0. The first-order chi connectivity index (χ1) is 12.5. The van der Waals surface area contributed by atoms with E-state index in [2.05, 4.69) is 15.3 Å². The van der Waals surface area contributed by atoms with Crippen LogP contribution >= 0.6 is 0 Å². The Morgan fingerprint density at radius 1 is 1.15 bits per heavy atom. The maximum absolute atomic E-state index is 12.0. The average molecular weight is 349 g/mol. The van der Waals surface area contributed by atoms with Crippen LogP contribution in [0.2, 0.25) is 0 Å². The van der Waals surface area contributed by atoms with Gasteiger partial charge in [-0.05, 0) is 37.6 Å². The maximum Gasteiger partial charge on any atom is 0.253 e. The molecule has 134 valence electrons. The predicted molar refractivity (Wildman–Crippen MR) is 103 cm³/mol. The summed E-state index contributed by atoms with van der Waals surface area (Å²) in [5, 5.41) is 10.2. The molecule has 1 aromatic carbocycles. The van der Waals surface area contributed by atoms with Crippen LogP contribution in [0.25, 0.3) is 0 Å². The molecular weight excluding hydrogens is 326 g/mol. The Bertz CT molecular complexity index is 827. The zero-order valence-corrected chi connectivity index (χ0v) is 14.9. The number of aryl methyl sites for hydroxylation is 2. The fraction of sp³-hybridized carbons (Fsp3) is 0.150. The SMILES string of the molecule is Cc1cc(C(=O)NCc2ccc(C(=N)N)cc2)c(C)[nH]1.c1ccncc1. The normalized spacial score (nSPS) is 9.77. The van der Waals surface area contributed by atoms with Gasteiger partial charge in [0.2, 0.25) is 0 Å². The lowest BCUT2D eigenvalue weighted by atomic mass is 10.1. The summed E-state index contributed by atoms with van der Waals surface area (Å²) in [6, 6.07) is 14.8. The summed E-state index contributed by atoms with van der Waals surface area (Å²) in [5.74, 6) is -0.0542. The molecule has 0 aliphatic rings. The predicted octanol–water partition coefficient (Wildman–Crippen LogP) is 2.93. The van der Waals surface area contributed by atoms with E-state index in [0.29, 0.717) is 17.7 Å². The van der Waals surface area contributed by atoms with Gasteiger partial charge in [0, 0.05) is 35.9 Å². The molecule has 0 spiro atoms. The fourth-order valence-corrected chi connectivity index (χ4v) is 2.35. The van der Waals surface area contributed by atoms with Crippen LogP contribution in [0.5, 0.6) is 0 Å². The number of aromatic amines is 1. The van der Waals surface area contributed by atoms with Crippen LogP contribution in [0.1, 0.15) is 32.9 Å². The lowest BCUT2D eigenvalue weighted by molar-refractivity contribution is 0.0950. The highest BCUT2D eigenvalue weighted by Crippen LogP contribution is 2.10. The Morgan fingerprint density at radius 2 is 1.81 bits per heavy atom. The van der Waals surface area contributed by atoms with Crippen molar-refractivity contribution in [2.24, 2.45) is 5.73 Å². The third kappa shape index (κ3) is 5.59. The molecule has 0 aliphatic carbocycles. The second kappa shape index (κ2) is 9.17. The molecule has 3 rings (SSSR count). The summed E-state index contributed by atoms with van der Waals surface area (Å²) < 4.78 is 0. The number of H-pyrrole nitrogens is 1. The summed E-state index contributed by atoms with van der Waals surface area (Å²) in [7, 11) is 0. The molecule has 0 bridgehead atoms. The average Bonchev–Trinajstić information content (AvgIpc) is 3.00. The Balaban J connectivity index is 0.000000342. The molecule has 0 unspecified atom stereocenters. The number of carbonyl (C=O) groups is 1. The molecule has 6 nitrogen and oxygen atoms in total. The van der Waals surface area contributed by atoms with E-state index in [9.17, 15) is 4.79 Å². The maximum atomic E-state index is 12.0. The van der Waals surface area contributed by atoms with Crippen LogP contribution in [-0.2, 0) is 6.54 Å². The topological polar surface area (TPSA) is 108 Å². The number of amides is 1. The minimum absolute atomic E-state index is 0.0407. The van der Waals surface area contributed by atoms with Gasteiger partial charge in [-0.3, -0.25) is 15.2 Å². The van der Waals surface area contributed by atoms with E-state index in [4.69, 9.17) is 11.1 Å². The van der Waals surface area contributed by atoms with Crippen molar-refractivity contribution in [3.05, 3.63) is 89.0 Å². The van der Waals surface area contributed by atoms with E-state index < -0.39 is 0 Å². The molecule has 0 radical (unpaired) electrons. The van der Waals surface area contributed by atoms with Gasteiger partial charge in [-0.1, -0.05) is 30.3 Å². The largest absolute Gasteiger partial charge is 0.384 e. The first kappa shape index (κ1) is 18.9. The molecule has 1 amide bonds. The fourth-order valence-electron chi connectivity index (χ4n) is 2.35. The first-order valence-electron chi connectivity index (χ1n) is 8.20. The highest BCUT2D eigenvalue weighted by Gasteiger charge is 2.10. The van der Waals surface area contributed by atoms with Crippen molar-refractivity contribution in [3.8, 4) is 0 Å². The van der Waals surface area contributed by atoms with E-state index in [1.807, 2.05) is 50.2 Å². The van der Waals surface area contributed by atoms with Crippen molar-refractivity contribution < 1.29 is 4.79 Å². The van der Waals surface area contributed by atoms with Crippen molar-refractivity contribution >= 4 is 11.7 Å². The number of aromatic nitrogens is 2. The monoisotopic (exact) mass is 349 g/mol. The third-order valence-corrected chi connectivity index (χ3v) is 3.68. The lowest BCUT2D eigenvalue weighted by Gasteiger charge is -2.06. The van der Waals surface area contributed by atoms with Gasteiger partial charge < -0.3 is 16.0 Å². The number of nitrogen functional groups attached to an aromatic ring is 1. The van der Waals surface area contributed by atoms with Gasteiger partial charge in [0.25, 0.3) is 5.91 Å². The van der Waals surface area contributed by atoms with Crippen molar-refractivity contribution in [3.63, 3.8) is 0 Å². The highest BCUT2D eigenvalue weighted by atomic mass is 16.1. The zero-order valence-electron chi connectivity index (χ0n) is 14.9. The number of hydrogen-bond acceptors (Lipinski definition) is 3. The number of carbonyl (C=O) groups excluding carboxylic acids is 1. The molecular formula is C20H23N5O. The number of nitrogens with zero attached hydrogens (tertiary/aromatic N) is 1. The number of nitrogens with one attached hydrogen (secondary N) is 3. The van der Waals surface area contributed by atoms with E-state index in [1.165, 1.54) is 0 Å². The van der Waals surface area contributed by atoms with Crippen molar-refractivity contribution in [2.75, 3.05) is 0 Å². The van der Waals surface area contributed by atoms with E-state index in [0.717, 1.165) is 17.0 Å². The van der Waals surface area contributed by atoms with Crippen LogP contribution in [0, 0.1) is 19.3 Å². The van der Waals surface area contributed by atoms with E-state index in [-0.39, 0.29) is 11.7 Å². The molecule has 0 saturated carbocycles. The molecule has 26 heavy (non-hydrogen) atoms. The van der Waals surface area contributed by atoms with Crippen LogP contribution in [0.4, 0.5) is 0 Å². The second-order valence-corrected chi connectivity index (χ2v) is 5.81. The minimum atomic E-state index is -0.0949. The van der Waals surface area contributed by atoms with Gasteiger partial charge in [-0.2, -0.15) is 0 Å². The summed E-state index contributed by atoms with van der Waals surface area (Å²) in [6.45, 7) is 4.24. The Hall–Kier alpha value is -3.41. The van der Waals surface area contributed by atoms with Crippen molar-refractivity contribution in [1.29, 1.82) is 5.41 Å². The second-order valence-electron chi connectivity index (χ2n) is 5.81.